The van der Waals surface area contributed by atoms with Crippen molar-refractivity contribution in [3.05, 3.63) is 11.6 Å². The van der Waals surface area contributed by atoms with Crippen LogP contribution in [-0.4, -0.2) is 168 Å². The van der Waals surface area contributed by atoms with E-state index in [-0.39, 0.29) is 46.3 Å². The Bertz CT molecular complexity index is 3050. The zero-order valence-electron chi connectivity index (χ0n) is 62.9. The summed E-state index contributed by atoms with van der Waals surface area (Å²) in [5.41, 5.74) is -1.35. The molecule has 0 spiro atoms. The summed E-state index contributed by atoms with van der Waals surface area (Å²) in [6, 6.07) is 0. The number of hydrogen-bond acceptors (Lipinski definition) is 21. The Hall–Kier alpha value is -2.29. The fraction of sp³-hybridized carbons (Fsp3) is 0.921. The predicted octanol–water partition coefficient (Wildman–Crippen LogP) is 13.5. The Labute approximate surface area is 623 Å². The monoisotopic (exact) mass is 1510 g/mol. The van der Waals surface area contributed by atoms with Crippen molar-refractivity contribution in [3.8, 4) is 0 Å². The van der Waals surface area contributed by atoms with Crippen LogP contribution in [0.25, 0.3) is 0 Å². The first-order chi connectivity index (χ1) is 48.0. The molecule has 1 aliphatic heterocycles. The van der Waals surface area contributed by atoms with E-state index in [1.54, 1.807) is 51.7 Å². The van der Waals surface area contributed by atoms with E-state index in [0.717, 1.165) is 148 Å². The number of alkyl halides is 1. The number of hydrogen-bond donors (Lipinski definition) is 6. The van der Waals surface area contributed by atoms with E-state index in [9.17, 15) is 29.7 Å². The number of amidine groups is 1. The zero-order valence-corrected chi connectivity index (χ0v) is 67.1. The van der Waals surface area contributed by atoms with E-state index in [1.807, 2.05) is 13.8 Å². The minimum atomic E-state index is -0.620. The van der Waals surface area contributed by atoms with E-state index < -0.39 is 16.8 Å². The van der Waals surface area contributed by atoms with Crippen molar-refractivity contribution in [1.29, 1.82) is 0 Å². The van der Waals surface area contributed by atoms with Gasteiger partial charge in [0.05, 0.1) is 42.0 Å². The molecule has 0 unspecified atom stereocenters. The molecule has 12 fully saturated rings. The molecule has 0 amide bonds. The van der Waals surface area contributed by atoms with Gasteiger partial charge in [0.15, 0.2) is 24.1 Å². The number of azo groups is 1. The van der Waals surface area contributed by atoms with Crippen molar-refractivity contribution < 1.29 is 43.9 Å². The lowest BCUT2D eigenvalue weighted by Gasteiger charge is -2.57. The molecule has 566 valence electrons. The number of aliphatic imine (C=N–C) groups is 1. The van der Waals surface area contributed by atoms with E-state index in [4.69, 9.17) is 14.2 Å². The Kier molecular flexibility index (Phi) is 29.1. The van der Waals surface area contributed by atoms with Crippen LogP contribution in [0.4, 0.5) is 0 Å². The number of carbonyl (C=O) groups is 3. The van der Waals surface area contributed by atoms with Crippen LogP contribution in [0.15, 0.2) is 15.2 Å². The molecule has 24 atom stereocenters. The van der Waals surface area contributed by atoms with E-state index in [2.05, 4.69) is 121 Å². The molecular weight excluding hydrogens is 1390 g/mol. The summed E-state index contributed by atoms with van der Waals surface area (Å²) in [6.45, 7) is 15.2. The summed E-state index contributed by atoms with van der Waals surface area (Å²) in [4.78, 5) is 44.3. The molecule has 15 rings (SSSR count). The van der Waals surface area contributed by atoms with Crippen LogP contribution in [-0.2, 0) is 41.7 Å². The number of aryl methyl sites for hydroxylation is 2. The molecule has 3 N–H and O–H groups in total. The second-order valence-corrected chi connectivity index (χ2v) is 34.5. The minimum absolute atomic E-state index is 0.117. The largest absolute Gasteiger partial charge is 0.387 e. The van der Waals surface area contributed by atoms with Crippen molar-refractivity contribution in [1.82, 2.24) is 40.4 Å². The number of halogens is 1. The topological polar surface area (TPSA) is 264 Å². The van der Waals surface area contributed by atoms with Crippen LogP contribution in [0.5, 0.6) is 0 Å². The van der Waals surface area contributed by atoms with Gasteiger partial charge in [0.1, 0.15) is 30.5 Å². The van der Waals surface area contributed by atoms with Crippen LogP contribution < -0.4 is 0 Å². The van der Waals surface area contributed by atoms with Gasteiger partial charge in [-0.05, 0) is 334 Å². The smallest absolute Gasteiger partial charge is 0.171 e. The third-order valence-electron chi connectivity index (χ3n) is 29.3. The number of tetrazole rings is 2. The maximum atomic E-state index is 13.3. The number of aliphatic hydroxyl groups is 3. The number of methoxy groups -OCH3 is 3. The first kappa shape index (κ1) is 81.8. The molecule has 12 aliphatic carbocycles. The lowest BCUT2D eigenvalue weighted by molar-refractivity contribution is -0.137. The highest BCUT2D eigenvalue weighted by Gasteiger charge is 2.63. The molecule has 3 heterocycles. The molecule has 100 heavy (non-hydrogen) atoms. The number of fused-ring (bicyclic) bond motifs is 15. The van der Waals surface area contributed by atoms with Gasteiger partial charge in [-0.1, -0.05) is 36.7 Å². The van der Waals surface area contributed by atoms with Gasteiger partial charge < -0.3 is 29.5 Å². The molecule has 2 aromatic heterocycles. The maximum Gasteiger partial charge on any atom is 0.171 e. The molecule has 0 aromatic carbocycles. The number of ketones is 3. The Morgan fingerprint density at radius 1 is 0.480 bits per heavy atom. The summed E-state index contributed by atoms with van der Waals surface area (Å²) < 4.78 is 17.6. The van der Waals surface area contributed by atoms with E-state index in [0.29, 0.717) is 91.2 Å². The van der Waals surface area contributed by atoms with Crippen molar-refractivity contribution in [3.63, 3.8) is 0 Å². The first-order valence-corrected chi connectivity index (χ1v) is 42.3. The van der Waals surface area contributed by atoms with Gasteiger partial charge in [0, 0.05) is 39.1 Å². The predicted molar refractivity (Wildman–Crippen MR) is 404 cm³/mol. The Morgan fingerprint density at radius 3 is 1.17 bits per heavy atom. The average Bonchev–Trinajstić information content (AvgIpc) is 1.48. The van der Waals surface area contributed by atoms with Crippen LogP contribution >= 0.6 is 53.8 Å². The minimum Gasteiger partial charge on any atom is -0.387 e. The summed E-state index contributed by atoms with van der Waals surface area (Å²) in [5.74, 6) is 14.7. The molecule has 2 aromatic rings. The average molecular weight is 1520 g/mol. The van der Waals surface area contributed by atoms with Crippen LogP contribution in [0, 0.1) is 137 Å². The van der Waals surface area contributed by atoms with Gasteiger partial charge in [-0.3, -0.25) is 14.4 Å². The highest BCUT2D eigenvalue weighted by molar-refractivity contribution is 9.09. The summed E-state index contributed by atoms with van der Waals surface area (Å²) in [7, 11) is 5.09. The van der Waals surface area contributed by atoms with Gasteiger partial charge >= 0.3 is 0 Å². The summed E-state index contributed by atoms with van der Waals surface area (Å²) in [6.07, 6.45) is 35.6. The standard InChI is InChI=1S/2C24H38N4O3.C22H35BrO3.C3H5N3.3CH4S/c1-15-25-26-27-28(15)13-22(29)21-7-6-20-19-5-4-16-12-24(30,14-31-3)11-9-17(16)18(19)8-10-23(20,21)2;1-15-25-27-28(26-15)13-22(29)21-7-6-20-19-5-4-16-12-24(30,14-31-3)11-9-17(16)18(19)8-10-23(20,21)2;1-21-9-7-16-15-8-10-22(25,13-26-2)11-14(15)3-4-17(16)18(21)5-6-19(21)20(24)12-23;1-3-4-2-5-6-3;3*1-2/h2*16-21,30H,4-14H2,1-3H3;14-19,25H,3-13H2,1-2H3;2H2,1H3;3*2H,1H3/t2*16-,17+,18-,19-,20+,21-,23+,24-;14-,15+,16-,17-,18+,19-,21+,22-;;;;/m111..../s1. The van der Waals surface area contributed by atoms with Crippen LogP contribution in [0.1, 0.15) is 213 Å². The molecule has 24 heteroatoms. The van der Waals surface area contributed by atoms with Crippen LogP contribution in [0.2, 0.25) is 0 Å². The fourth-order valence-electron chi connectivity index (χ4n) is 25.4. The Morgan fingerprint density at radius 2 is 0.860 bits per heavy atom. The quantitative estimate of drug-likeness (QED) is 0.0759. The summed E-state index contributed by atoms with van der Waals surface area (Å²) >= 11 is 14.0. The highest BCUT2D eigenvalue weighted by atomic mass is 79.9. The second-order valence-electron chi connectivity index (χ2n) is 33.9. The normalized spacial score (nSPS) is 42.0. The third kappa shape index (κ3) is 17.3. The number of aromatic nitrogens is 8. The zero-order chi connectivity index (χ0) is 72.5. The summed E-state index contributed by atoms with van der Waals surface area (Å²) in [5, 5.41) is 64.2. The molecule has 0 bridgehead atoms. The molecule has 13 aliphatic rings. The van der Waals surface area contributed by atoms with Crippen molar-refractivity contribution in [2.24, 2.45) is 138 Å². The van der Waals surface area contributed by atoms with Crippen molar-refractivity contribution in [2.75, 3.05) is 71.9 Å². The molecule has 0 radical (unpaired) electrons. The molecule has 20 nitrogen and oxygen atoms in total. The lowest BCUT2D eigenvalue weighted by atomic mass is 9.49. The van der Waals surface area contributed by atoms with Crippen LogP contribution in [0.3, 0.4) is 0 Å². The first-order valence-electron chi connectivity index (χ1n) is 38.5. The highest BCUT2D eigenvalue weighted by Crippen LogP contribution is 2.68. The van der Waals surface area contributed by atoms with Gasteiger partial charge in [-0.25, -0.2) is 9.67 Å². The third-order valence-corrected chi connectivity index (χ3v) is 29.8. The number of nitrogens with zero attached hydrogens (tertiary/aromatic N) is 11. The number of Topliss-reactive ketones (excluding diaryl/α,β-unsaturated/α-hetero) is 3. The maximum absolute atomic E-state index is 13.3. The number of ether oxygens (including phenoxy) is 3. The Balaban J connectivity index is 0.000000162. The van der Waals surface area contributed by atoms with Crippen molar-refractivity contribution in [2.45, 2.75) is 245 Å². The lowest BCUT2D eigenvalue weighted by Crippen LogP contribution is -2.52. The molecular formula is C76H128BrN11O9S3. The molecule has 12 saturated carbocycles. The van der Waals surface area contributed by atoms with Gasteiger partial charge in [-0.2, -0.15) is 47.8 Å². The second kappa shape index (κ2) is 35.6. The van der Waals surface area contributed by atoms with Gasteiger partial charge in [0.25, 0.3) is 0 Å². The number of carbonyl (C=O) groups excluding carboxylic acids is 3. The SMILES string of the molecule is CC1=NCN=N1.COC[C@@]1(O)CC[C@H]2[C@H](CC[C@@H]3[C@@H]2CC[C@]2(C)[C@@H](C(=O)CBr)CC[C@@H]32)C1.COC[C@@]1(O)CC[C@H]2[C@H](CC[C@@H]3[C@@H]2CC[C@]2(C)[C@@H](C(=O)Cn4nnc(C)n4)CC[C@@H]32)C1.COC[C@@]1(O)CC[C@H]2[C@H](CC[C@@H]3[C@@H]2CC[C@]2(C)[C@@H](C(=O)Cn4nnnc4C)CC[C@@H]32)C1.CS.CS.CS. The number of rotatable bonds is 14. The fourth-order valence-corrected chi connectivity index (χ4v) is 25.8. The molecule has 0 saturated heterocycles. The number of thiol groups is 3. The van der Waals surface area contributed by atoms with Crippen molar-refractivity contribution >= 4 is 77.0 Å². The van der Waals surface area contributed by atoms with E-state index >= 15 is 0 Å². The van der Waals surface area contributed by atoms with Gasteiger partial charge in [0.2, 0.25) is 0 Å². The van der Waals surface area contributed by atoms with Gasteiger partial charge in [-0.15, -0.1) is 20.4 Å². The van der Waals surface area contributed by atoms with E-state index in [1.165, 1.54) is 94.7 Å².